The number of aromatic nitrogens is 2. The Morgan fingerprint density at radius 2 is 2.25 bits per heavy atom. The summed E-state index contributed by atoms with van der Waals surface area (Å²) in [7, 11) is 1.79. The van der Waals surface area contributed by atoms with E-state index in [1.54, 1.807) is 13.1 Å². The number of rotatable bonds is 2. The highest BCUT2D eigenvalue weighted by Gasteiger charge is 2.10. The summed E-state index contributed by atoms with van der Waals surface area (Å²) in [6.45, 7) is 1.91. The predicted octanol–water partition coefficient (Wildman–Crippen LogP) is 1.34. The summed E-state index contributed by atoms with van der Waals surface area (Å²) in [5, 5.41) is 3.78. The van der Waals surface area contributed by atoms with Crippen LogP contribution in [-0.2, 0) is 0 Å². The van der Waals surface area contributed by atoms with Crippen LogP contribution in [0.5, 0.6) is 0 Å². The summed E-state index contributed by atoms with van der Waals surface area (Å²) in [5.74, 6) is -0.395. The molecule has 0 amide bonds. The number of nitrogens with one attached hydrogen (secondary N) is 2. The second kappa shape index (κ2) is 4.02. The molecule has 1 aromatic carbocycles. The molecule has 84 valence electrons. The number of H-pyrrole nitrogens is 1. The third-order valence-corrected chi connectivity index (χ3v) is 2.58. The van der Waals surface area contributed by atoms with Gasteiger partial charge in [-0.05, 0) is 26.1 Å². The van der Waals surface area contributed by atoms with E-state index in [9.17, 15) is 9.18 Å². The maximum absolute atomic E-state index is 13.0. The van der Waals surface area contributed by atoms with Crippen LogP contribution in [0.2, 0.25) is 0 Å². The lowest BCUT2D eigenvalue weighted by atomic mass is 10.1. The second-order valence-corrected chi connectivity index (χ2v) is 3.63. The molecule has 2 aromatic rings. The molecule has 0 fully saturated rings. The Hall–Kier alpha value is -1.75. The summed E-state index contributed by atoms with van der Waals surface area (Å²) in [6, 6.07) is 4.21. The molecule has 1 aromatic heterocycles. The quantitative estimate of drug-likeness (QED) is 0.804. The lowest BCUT2D eigenvalue weighted by Crippen LogP contribution is -2.20. The molecule has 16 heavy (non-hydrogen) atoms. The zero-order valence-electron chi connectivity index (χ0n) is 9.04. The molecule has 5 heteroatoms. The lowest BCUT2D eigenvalue weighted by molar-refractivity contribution is 0.625. The Bertz CT molecular complexity index is 579. The van der Waals surface area contributed by atoms with Gasteiger partial charge in [0.05, 0.1) is 5.52 Å². The number of halogens is 1. The van der Waals surface area contributed by atoms with E-state index in [2.05, 4.69) is 15.3 Å². The van der Waals surface area contributed by atoms with E-state index in [-0.39, 0.29) is 6.04 Å². The molecule has 0 bridgehead atoms. The van der Waals surface area contributed by atoms with E-state index < -0.39 is 11.5 Å². The summed E-state index contributed by atoms with van der Waals surface area (Å²) in [6.07, 6.45) is 0. The number of benzene rings is 1. The van der Waals surface area contributed by atoms with E-state index in [0.717, 1.165) is 11.1 Å². The Morgan fingerprint density at radius 3 is 2.94 bits per heavy atom. The third-order valence-electron chi connectivity index (χ3n) is 2.58. The molecule has 0 radical (unpaired) electrons. The molecule has 0 aliphatic carbocycles. The maximum Gasteiger partial charge on any atom is 0.345 e. The van der Waals surface area contributed by atoms with Gasteiger partial charge in [-0.25, -0.2) is 9.18 Å². The molecule has 0 saturated heterocycles. The largest absolute Gasteiger partial charge is 0.345 e. The summed E-state index contributed by atoms with van der Waals surface area (Å²) >= 11 is 0. The Balaban J connectivity index is 2.77. The van der Waals surface area contributed by atoms with Crippen molar-refractivity contribution in [1.29, 1.82) is 0 Å². The monoisotopic (exact) mass is 221 g/mol. The van der Waals surface area contributed by atoms with Gasteiger partial charge in [-0.15, -0.1) is 0 Å². The first-order valence-electron chi connectivity index (χ1n) is 4.98. The van der Waals surface area contributed by atoms with Crippen molar-refractivity contribution in [3.05, 3.63) is 40.2 Å². The van der Waals surface area contributed by atoms with Crippen molar-refractivity contribution >= 4 is 10.9 Å². The van der Waals surface area contributed by atoms with Crippen LogP contribution >= 0.6 is 0 Å². The molecule has 4 nitrogen and oxygen atoms in total. The second-order valence-electron chi connectivity index (χ2n) is 3.63. The minimum absolute atomic E-state index is 0.0244. The fourth-order valence-electron chi connectivity index (χ4n) is 1.63. The molecule has 0 spiro atoms. The highest BCUT2D eigenvalue weighted by molar-refractivity contribution is 5.81. The van der Waals surface area contributed by atoms with Crippen LogP contribution in [0.15, 0.2) is 23.0 Å². The normalized spacial score (nSPS) is 12.9. The van der Waals surface area contributed by atoms with Crippen molar-refractivity contribution in [2.24, 2.45) is 0 Å². The fourth-order valence-corrected chi connectivity index (χ4v) is 1.63. The molecule has 1 unspecified atom stereocenters. The first-order valence-corrected chi connectivity index (χ1v) is 4.98. The van der Waals surface area contributed by atoms with E-state index in [4.69, 9.17) is 0 Å². The zero-order valence-corrected chi connectivity index (χ0v) is 9.04. The van der Waals surface area contributed by atoms with Crippen molar-refractivity contribution < 1.29 is 4.39 Å². The molecule has 0 aliphatic heterocycles. The molecule has 0 saturated carbocycles. The Kier molecular flexibility index (Phi) is 2.70. The number of hydrogen-bond donors (Lipinski definition) is 2. The lowest BCUT2D eigenvalue weighted by Gasteiger charge is -2.12. The van der Waals surface area contributed by atoms with Gasteiger partial charge in [0.2, 0.25) is 0 Å². The minimum Gasteiger partial charge on any atom is -0.312 e. The van der Waals surface area contributed by atoms with Gasteiger partial charge in [-0.1, -0.05) is 0 Å². The minimum atomic E-state index is -0.463. The SMILES string of the molecule is CNC(C)c1[nH]c(=O)nc2cc(F)ccc12. The van der Waals surface area contributed by atoms with Gasteiger partial charge in [0.1, 0.15) is 5.82 Å². The van der Waals surface area contributed by atoms with Crippen LogP contribution in [0.1, 0.15) is 18.7 Å². The standard InChI is InChI=1S/C11H12FN3O/c1-6(13-2)10-8-4-3-7(12)5-9(8)14-11(16)15-10/h3-6,13H,1-2H3,(H,14,15,16). The number of nitrogens with zero attached hydrogens (tertiary/aromatic N) is 1. The van der Waals surface area contributed by atoms with Crippen LogP contribution in [0.3, 0.4) is 0 Å². The van der Waals surface area contributed by atoms with Crippen molar-refractivity contribution in [2.45, 2.75) is 13.0 Å². The fraction of sp³-hybridized carbons (Fsp3) is 0.273. The van der Waals surface area contributed by atoms with Crippen molar-refractivity contribution in [1.82, 2.24) is 15.3 Å². The maximum atomic E-state index is 13.0. The number of hydrogen-bond acceptors (Lipinski definition) is 3. The highest BCUT2D eigenvalue weighted by atomic mass is 19.1. The van der Waals surface area contributed by atoms with E-state index in [1.165, 1.54) is 12.1 Å². The van der Waals surface area contributed by atoms with Crippen LogP contribution in [0.4, 0.5) is 4.39 Å². The summed E-state index contributed by atoms with van der Waals surface area (Å²) in [5.41, 5.74) is 0.633. The average Bonchev–Trinajstić information content (AvgIpc) is 2.26. The third kappa shape index (κ3) is 1.81. The van der Waals surface area contributed by atoms with E-state index in [1.807, 2.05) is 6.92 Å². The van der Waals surface area contributed by atoms with E-state index in [0.29, 0.717) is 5.52 Å². The Morgan fingerprint density at radius 1 is 1.50 bits per heavy atom. The van der Waals surface area contributed by atoms with Crippen molar-refractivity contribution in [3.8, 4) is 0 Å². The molecule has 2 rings (SSSR count). The van der Waals surface area contributed by atoms with Gasteiger partial charge in [-0.3, -0.25) is 0 Å². The van der Waals surface area contributed by atoms with Gasteiger partial charge in [0.15, 0.2) is 0 Å². The molecular formula is C11H12FN3O. The summed E-state index contributed by atoms with van der Waals surface area (Å²) < 4.78 is 13.0. The van der Waals surface area contributed by atoms with Gasteiger partial charge in [0.25, 0.3) is 0 Å². The Labute approximate surface area is 91.5 Å². The molecule has 1 heterocycles. The smallest absolute Gasteiger partial charge is 0.312 e. The number of aromatic amines is 1. The van der Waals surface area contributed by atoms with E-state index >= 15 is 0 Å². The van der Waals surface area contributed by atoms with Gasteiger partial charge in [-0.2, -0.15) is 4.98 Å². The molecule has 0 aliphatic rings. The molecule has 1 atom stereocenters. The molecule has 2 N–H and O–H groups in total. The zero-order chi connectivity index (χ0) is 11.7. The first-order chi connectivity index (χ1) is 7.61. The van der Waals surface area contributed by atoms with Gasteiger partial charge >= 0.3 is 5.69 Å². The first kappa shape index (κ1) is 10.8. The average molecular weight is 221 g/mol. The van der Waals surface area contributed by atoms with Gasteiger partial charge < -0.3 is 10.3 Å². The van der Waals surface area contributed by atoms with Crippen LogP contribution in [0, 0.1) is 5.82 Å². The summed E-state index contributed by atoms with van der Waals surface area (Å²) in [4.78, 5) is 17.7. The van der Waals surface area contributed by atoms with Crippen LogP contribution in [0.25, 0.3) is 10.9 Å². The predicted molar refractivity (Wildman–Crippen MR) is 59.8 cm³/mol. The topological polar surface area (TPSA) is 57.8 Å². The highest BCUT2D eigenvalue weighted by Crippen LogP contribution is 2.19. The number of fused-ring (bicyclic) bond motifs is 1. The van der Waals surface area contributed by atoms with Crippen molar-refractivity contribution in [3.63, 3.8) is 0 Å². The van der Waals surface area contributed by atoms with Crippen LogP contribution < -0.4 is 11.0 Å². The van der Waals surface area contributed by atoms with Crippen LogP contribution in [-0.4, -0.2) is 17.0 Å². The van der Waals surface area contributed by atoms with Crippen molar-refractivity contribution in [2.75, 3.05) is 7.05 Å². The van der Waals surface area contributed by atoms with Gasteiger partial charge in [0, 0.05) is 23.2 Å². The molecular weight excluding hydrogens is 209 g/mol.